The quantitative estimate of drug-likeness (QED) is 0.853. The molecule has 25 heavy (non-hydrogen) atoms. The van der Waals surface area contributed by atoms with Gasteiger partial charge in [-0.25, -0.2) is 4.68 Å². The molecular formula is C19H27ClN4O. The molecule has 1 aromatic carbocycles. The Morgan fingerprint density at radius 2 is 2.20 bits per heavy atom. The molecular weight excluding hydrogens is 336 g/mol. The molecule has 6 heteroatoms. The zero-order valence-corrected chi connectivity index (χ0v) is 15.7. The van der Waals surface area contributed by atoms with Crippen LogP contribution in [0.3, 0.4) is 0 Å². The molecule has 2 unspecified atom stereocenters. The molecule has 1 amide bonds. The lowest BCUT2D eigenvalue weighted by molar-refractivity contribution is -0.117. The average molecular weight is 363 g/mol. The highest BCUT2D eigenvalue weighted by Gasteiger charge is 2.26. The first-order valence-corrected chi connectivity index (χ1v) is 8.80. The first kappa shape index (κ1) is 19.5. The van der Waals surface area contributed by atoms with E-state index in [2.05, 4.69) is 34.7 Å². The molecule has 3 N–H and O–H groups in total. The highest BCUT2D eigenvalue weighted by atomic mass is 35.5. The second kappa shape index (κ2) is 8.50. The summed E-state index contributed by atoms with van der Waals surface area (Å²) < 4.78 is 1.96. The third kappa shape index (κ3) is 4.05. The molecule has 136 valence electrons. The Labute approximate surface area is 155 Å². The molecule has 2 atom stereocenters. The number of carbonyl (C=O) groups excluding carboxylic acids is 1. The topological polar surface area (TPSA) is 72.9 Å². The fourth-order valence-corrected chi connectivity index (χ4v) is 3.47. The number of nitrogens with two attached hydrogens (primary N) is 1. The number of carbonyl (C=O) groups is 1. The van der Waals surface area contributed by atoms with Gasteiger partial charge in [0.1, 0.15) is 5.82 Å². The van der Waals surface area contributed by atoms with E-state index in [9.17, 15) is 4.79 Å². The Balaban J connectivity index is 0.00000225. The summed E-state index contributed by atoms with van der Waals surface area (Å²) in [5.74, 6) is 0.638. The Kier molecular flexibility index (Phi) is 6.62. The van der Waals surface area contributed by atoms with Crippen LogP contribution in [-0.2, 0) is 11.2 Å². The van der Waals surface area contributed by atoms with Crippen LogP contribution in [0.25, 0.3) is 0 Å². The van der Waals surface area contributed by atoms with Crippen LogP contribution < -0.4 is 11.1 Å². The standard InChI is InChI=1S/C19H26N4O.ClH/c1-3-7-16(20)19(24)22-18-13(2)12-21-23(18)17-11-6-9-14-8-4-5-10-15(14)17;/h4-5,8,10,12,16-17H,3,6-7,9,11,20H2,1-2H3,(H,22,24);1H. The van der Waals surface area contributed by atoms with Crippen LogP contribution in [0, 0.1) is 6.92 Å². The molecule has 1 aromatic heterocycles. The number of nitrogens with one attached hydrogen (secondary N) is 1. The van der Waals surface area contributed by atoms with Gasteiger partial charge in [0.15, 0.2) is 0 Å². The number of hydrogen-bond donors (Lipinski definition) is 2. The van der Waals surface area contributed by atoms with Crippen molar-refractivity contribution in [1.29, 1.82) is 0 Å². The smallest absolute Gasteiger partial charge is 0.242 e. The van der Waals surface area contributed by atoms with Gasteiger partial charge in [-0.2, -0.15) is 5.10 Å². The van der Waals surface area contributed by atoms with E-state index in [4.69, 9.17) is 5.73 Å². The van der Waals surface area contributed by atoms with Gasteiger partial charge in [-0.3, -0.25) is 4.79 Å². The minimum Gasteiger partial charge on any atom is -0.320 e. The summed E-state index contributed by atoms with van der Waals surface area (Å²) >= 11 is 0. The first-order chi connectivity index (χ1) is 11.6. The van der Waals surface area contributed by atoms with Crippen molar-refractivity contribution in [1.82, 2.24) is 9.78 Å². The SMILES string of the molecule is CCCC(N)C(=O)Nc1c(C)cnn1C1CCCc2ccccc21.Cl. The Morgan fingerprint density at radius 3 is 2.96 bits per heavy atom. The van der Waals surface area contributed by atoms with Crippen molar-refractivity contribution < 1.29 is 4.79 Å². The van der Waals surface area contributed by atoms with Crippen LogP contribution in [0.2, 0.25) is 0 Å². The van der Waals surface area contributed by atoms with Crippen molar-refractivity contribution in [2.45, 2.75) is 58.0 Å². The molecule has 0 aliphatic heterocycles. The Hall–Kier alpha value is -1.85. The summed E-state index contributed by atoms with van der Waals surface area (Å²) in [6, 6.07) is 8.21. The van der Waals surface area contributed by atoms with E-state index >= 15 is 0 Å². The monoisotopic (exact) mass is 362 g/mol. The van der Waals surface area contributed by atoms with E-state index in [-0.39, 0.29) is 24.4 Å². The summed E-state index contributed by atoms with van der Waals surface area (Å²) in [5.41, 5.74) is 9.61. The summed E-state index contributed by atoms with van der Waals surface area (Å²) in [7, 11) is 0. The number of amides is 1. The largest absolute Gasteiger partial charge is 0.320 e. The second-order valence-electron chi connectivity index (χ2n) is 6.61. The number of hydrogen-bond acceptors (Lipinski definition) is 3. The molecule has 1 aliphatic rings. The number of aryl methyl sites for hydroxylation is 2. The van der Waals surface area contributed by atoms with Gasteiger partial charge in [0.05, 0.1) is 18.3 Å². The molecule has 3 rings (SSSR count). The molecule has 1 heterocycles. The molecule has 0 saturated carbocycles. The Bertz CT molecular complexity index is 728. The van der Waals surface area contributed by atoms with E-state index in [1.165, 1.54) is 11.1 Å². The lowest BCUT2D eigenvalue weighted by Crippen LogP contribution is -2.36. The highest BCUT2D eigenvalue weighted by molar-refractivity contribution is 5.94. The molecule has 1 aliphatic carbocycles. The van der Waals surface area contributed by atoms with Crippen molar-refractivity contribution in [2.24, 2.45) is 5.73 Å². The molecule has 0 radical (unpaired) electrons. The first-order valence-electron chi connectivity index (χ1n) is 8.80. The maximum Gasteiger partial charge on any atom is 0.242 e. The lowest BCUT2D eigenvalue weighted by atomic mass is 9.88. The van der Waals surface area contributed by atoms with Gasteiger partial charge >= 0.3 is 0 Å². The molecule has 0 bridgehead atoms. The van der Waals surface area contributed by atoms with Crippen molar-refractivity contribution in [3.63, 3.8) is 0 Å². The van der Waals surface area contributed by atoms with Crippen molar-refractivity contribution >= 4 is 24.1 Å². The zero-order chi connectivity index (χ0) is 17.1. The van der Waals surface area contributed by atoms with Gasteiger partial charge in [0.25, 0.3) is 0 Å². The number of benzene rings is 1. The van der Waals surface area contributed by atoms with Gasteiger partial charge in [-0.1, -0.05) is 37.6 Å². The van der Waals surface area contributed by atoms with Crippen molar-refractivity contribution in [3.8, 4) is 0 Å². The highest BCUT2D eigenvalue weighted by Crippen LogP contribution is 2.35. The van der Waals surface area contributed by atoms with E-state index in [1.807, 2.05) is 24.7 Å². The zero-order valence-electron chi connectivity index (χ0n) is 14.9. The van der Waals surface area contributed by atoms with E-state index in [1.54, 1.807) is 0 Å². The van der Waals surface area contributed by atoms with Gasteiger partial charge in [-0.05, 0) is 43.7 Å². The molecule has 0 spiro atoms. The van der Waals surface area contributed by atoms with Crippen molar-refractivity contribution in [2.75, 3.05) is 5.32 Å². The molecule has 0 saturated heterocycles. The molecule has 2 aromatic rings. The van der Waals surface area contributed by atoms with Crippen LogP contribution in [-0.4, -0.2) is 21.7 Å². The van der Waals surface area contributed by atoms with Gasteiger partial charge in [0, 0.05) is 5.56 Å². The maximum absolute atomic E-state index is 12.4. The van der Waals surface area contributed by atoms with Crippen LogP contribution in [0.1, 0.15) is 55.3 Å². The number of fused-ring (bicyclic) bond motifs is 1. The van der Waals surface area contributed by atoms with Crippen molar-refractivity contribution in [3.05, 3.63) is 47.2 Å². The number of anilines is 1. The number of rotatable bonds is 5. The van der Waals surface area contributed by atoms with Crippen LogP contribution >= 0.6 is 12.4 Å². The van der Waals surface area contributed by atoms with Crippen LogP contribution in [0.15, 0.2) is 30.5 Å². The minimum atomic E-state index is -0.476. The van der Waals surface area contributed by atoms with E-state index in [0.29, 0.717) is 6.42 Å². The second-order valence-corrected chi connectivity index (χ2v) is 6.61. The fourth-order valence-electron chi connectivity index (χ4n) is 3.47. The predicted octanol–water partition coefficient (Wildman–Crippen LogP) is 3.60. The number of aromatic nitrogens is 2. The molecule has 0 fully saturated rings. The maximum atomic E-state index is 12.4. The summed E-state index contributed by atoms with van der Waals surface area (Å²) in [6.07, 6.45) is 6.66. The van der Waals surface area contributed by atoms with Gasteiger partial charge < -0.3 is 11.1 Å². The Morgan fingerprint density at radius 1 is 1.44 bits per heavy atom. The van der Waals surface area contributed by atoms with E-state index < -0.39 is 6.04 Å². The predicted molar refractivity (Wildman–Crippen MR) is 103 cm³/mol. The van der Waals surface area contributed by atoms with Crippen LogP contribution in [0.5, 0.6) is 0 Å². The number of halogens is 1. The van der Waals surface area contributed by atoms with E-state index in [0.717, 1.165) is 37.1 Å². The lowest BCUT2D eigenvalue weighted by Gasteiger charge is -2.27. The third-order valence-corrected chi connectivity index (χ3v) is 4.79. The minimum absolute atomic E-state index is 0. The normalized spacial score (nSPS) is 17.3. The summed E-state index contributed by atoms with van der Waals surface area (Å²) in [6.45, 7) is 4.00. The summed E-state index contributed by atoms with van der Waals surface area (Å²) in [5, 5.41) is 7.57. The average Bonchev–Trinajstić information content (AvgIpc) is 2.95. The summed E-state index contributed by atoms with van der Waals surface area (Å²) in [4.78, 5) is 12.4. The fraction of sp³-hybridized carbons (Fsp3) is 0.474. The molecule has 5 nitrogen and oxygen atoms in total. The van der Waals surface area contributed by atoms with Crippen LogP contribution in [0.4, 0.5) is 5.82 Å². The number of nitrogens with zero attached hydrogens (tertiary/aromatic N) is 2. The van der Waals surface area contributed by atoms with Gasteiger partial charge in [-0.15, -0.1) is 12.4 Å². The third-order valence-electron chi connectivity index (χ3n) is 4.79. The van der Waals surface area contributed by atoms with Gasteiger partial charge in [0.2, 0.25) is 5.91 Å².